The van der Waals surface area contributed by atoms with E-state index in [1.54, 1.807) is 0 Å². The molecule has 0 spiro atoms. The van der Waals surface area contributed by atoms with Crippen LogP contribution in [0.2, 0.25) is 0 Å². The lowest BCUT2D eigenvalue weighted by Gasteiger charge is -2.42. The fraction of sp³-hybridized carbons (Fsp3) is 0.852. The molecule has 0 aromatic heterocycles. The molecule has 32 heteroatoms. The second-order valence-electron chi connectivity index (χ2n) is 23.4. The Bertz CT molecular complexity index is 2140. The van der Waals surface area contributed by atoms with Crippen LogP contribution in [0, 0.1) is 0 Å². The summed E-state index contributed by atoms with van der Waals surface area (Å²) in [5.74, 6) is -3.24. The summed E-state index contributed by atoms with van der Waals surface area (Å²) in [4.78, 5) is 111. The number of hydrogen-bond donors (Lipinski definition) is 16. The average molecular weight is 1340 g/mol. The van der Waals surface area contributed by atoms with Crippen molar-refractivity contribution in [1.82, 2.24) is 42.5 Å². The van der Waals surface area contributed by atoms with Crippen LogP contribution in [-0.2, 0) is 76.3 Å². The summed E-state index contributed by atoms with van der Waals surface area (Å²) in [5, 5.41) is 91.5. The molecule has 2 aliphatic heterocycles. The maximum atomic E-state index is 13.7. The molecule has 2 saturated heterocycles. The molecule has 0 aromatic carbocycles. The number of ether oxygens (including phenoxy) is 7. The van der Waals surface area contributed by atoms with Crippen LogP contribution in [0.3, 0.4) is 0 Å². The summed E-state index contributed by atoms with van der Waals surface area (Å²) in [6.45, 7) is 3.11. The number of ketones is 1. The molecule has 2 aliphatic rings. The largest absolute Gasteiger partial charge is 0.481 e. The Hall–Kier alpha value is -5.17. The Kier molecular flexibility index (Phi) is 46.2. The van der Waals surface area contributed by atoms with Crippen molar-refractivity contribution in [3.8, 4) is 0 Å². The van der Waals surface area contributed by atoms with E-state index in [0.29, 0.717) is 84.0 Å². The zero-order valence-electron chi connectivity index (χ0n) is 54.6. The summed E-state index contributed by atoms with van der Waals surface area (Å²) in [6.07, 6.45) is 0.321. The van der Waals surface area contributed by atoms with Gasteiger partial charge in [-0.1, -0.05) is 38.5 Å². The second kappa shape index (κ2) is 51.1. The third kappa shape index (κ3) is 38.8. The number of amides is 7. The first-order valence-electron chi connectivity index (χ1n) is 32.9. The van der Waals surface area contributed by atoms with Crippen molar-refractivity contribution >= 4 is 53.1 Å². The molecule has 32 nitrogen and oxygen atoms in total. The third-order valence-electron chi connectivity index (χ3n) is 15.1. The van der Waals surface area contributed by atoms with Gasteiger partial charge in [-0.25, -0.2) is 0 Å². The first-order valence-corrected chi connectivity index (χ1v) is 32.9. The van der Waals surface area contributed by atoms with Crippen molar-refractivity contribution in [2.45, 2.75) is 222 Å². The molecule has 538 valence electrons. The fourth-order valence-corrected chi connectivity index (χ4v) is 9.93. The molecule has 17 N–H and O–H groups in total. The highest BCUT2D eigenvalue weighted by atomic mass is 16.7. The van der Waals surface area contributed by atoms with Gasteiger partial charge in [0.05, 0.1) is 59.4 Å². The van der Waals surface area contributed by atoms with E-state index in [4.69, 9.17) is 44.0 Å². The van der Waals surface area contributed by atoms with Gasteiger partial charge in [-0.05, 0) is 70.9 Å². The lowest BCUT2D eigenvalue weighted by atomic mass is 9.97. The van der Waals surface area contributed by atoms with E-state index in [9.17, 15) is 73.8 Å². The zero-order valence-corrected chi connectivity index (χ0v) is 54.6. The number of rotatable bonds is 56. The van der Waals surface area contributed by atoms with E-state index in [0.717, 1.165) is 38.5 Å². The standard InChI is InChI=1S/C61H111N9O23/c1-42(73)68-53-57(85)55(83)45(37-71)92-59(53)90-31-13-11-18-44(75)36-63-26-16-28-66-49(78)23-34-88-40-61(39-87-33-22-48(77)64-27-15-25-62,70-51(80)20-9-7-5-3-4-6-8-10-21-52(81)82)41-89-35-24-50(79)67-30-17-29-65-47(76)19-12-14-32-91-60-54(69-43(2)74)58(86)56(84)46(38-72)93-60/h45-46,53-60,63,71-72,83-86H,3-41,62H2,1-2H3,(H,64,77)(H,65,76)(H,66,78)(H,67,79)(H,68,73)(H,69,74)(H,70,80)(H,81,82)/t45?,46?,53?,54?,55-,56-,57?,58?,59-,60-,61?/m1/s1. The van der Waals surface area contributed by atoms with E-state index in [1.165, 1.54) is 13.8 Å². The number of carboxylic acid groups (broad SMARTS) is 1. The van der Waals surface area contributed by atoms with Crippen molar-refractivity contribution in [3.63, 3.8) is 0 Å². The first kappa shape index (κ1) is 83.9. The number of hydrogen-bond acceptors (Lipinski definition) is 24. The molecule has 0 radical (unpaired) electrons. The predicted octanol–water partition coefficient (Wildman–Crippen LogP) is -2.94. The van der Waals surface area contributed by atoms with Gasteiger partial charge in [-0.15, -0.1) is 0 Å². The molecule has 0 saturated carbocycles. The molecule has 2 fully saturated rings. The SMILES string of the molecule is CC(=O)NC1C(O)[C@H](O)C(CO)O[C@H]1OCCCCC(=O)CNCCCNC(=O)CCOCC(COCCC(=O)NCCCN)(COCCC(=O)NCCCNC(=O)CCCCO[C@@H]1OC(CO)[C@@H](O)C(O)C1NC(C)=O)NC(=O)CCCCCCCCCCC(=O)O. The highest BCUT2D eigenvalue weighted by molar-refractivity contribution is 5.80. The number of carboxylic acids is 1. The Morgan fingerprint density at radius 1 is 0.441 bits per heavy atom. The zero-order chi connectivity index (χ0) is 68.7. The summed E-state index contributed by atoms with van der Waals surface area (Å²) in [6, 6.07) is -2.13. The minimum atomic E-state index is -1.44. The van der Waals surface area contributed by atoms with Crippen LogP contribution in [0.15, 0.2) is 0 Å². The van der Waals surface area contributed by atoms with E-state index in [-0.39, 0.29) is 153 Å². The summed E-state index contributed by atoms with van der Waals surface area (Å²) in [5.41, 5.74) is 4.24. The predicted molar refractivity (Wildman–Crippen MR) is 334 cm³/mol. The molecule has 2 heterocycles. The summed E-state index contributed by atoms with van der Waals surface area (Å²) in [7, 11) is 0. The number of nitrogens with one attached hydrogen (secondary N) is 8. The van der Waals surface area contributed by atoms with E-state index >= 15 is 0 Å². The van der Waals surface area contributed by atoms with Crippen LogP contribution >= 0.6 is 0 Å². The van der Waals surface area contributed by atoms with Crippen molar-refractivity contribution in [2.75, 3.05) is 112 Å². The molecular weight excluding hydrogens is 1230 g/mol. The smallest absolute Gasteiger partial charge is 0.303 e. The van der Waals surface area contributed by atoms with E-state index < -0.39 is 97.8 Å². The fourth-order valence-electron chi connectivity index (χ4n) is 9.93. The minimum Gasteiger partial charge on any atom is -0.481 e. The van der Waals surface area contributed by atoms with Crippen LogP contribution < -0.4 is 48.3 Å². The molecule has 7 amide bonds. The van der Waals surface area contributed by atoms with Gasteiger partial charge < -0.3 is 117 Å². The molecule has 0 bridgehead atoms. The number of Topliss-reactive ketones (excluding diaryl/α,β-unsaturated/α-hetero) is 1. The van der Waals surface area contributed by atoms with Gasteiger partial charge in [-0.2, -0.15) is 0 Å². The molecule has 0 aromatic rings. The number of carbonyl (C=O) groups excluding carboxylic acids is 8. The van der Waals surface area contributed by atoms with E-state index in [1.807, 2.05) is 0 Å². The highest BCUT2D eigenvalue weighted by Crippen LogP contribution is 2.24. The van der Waals surface area contributed by atoms with Crippen molar-refractivity contribution in [1.29, 1.82) is 0 Å². The Balaban J connectivity index is 1.89. The van der Waals surface area contributed by atoms with Gasteiger partial charge in [0.2, 0.25) is 41.4 Å². The third-order valence-corrected chi connectivity index (χ3v) is 15.1. The van der Waals surface area contributed by atoms with Gasteiger partial charge >= 0.3 is 5.97 Å². The molecule has 93 heavy (non-hydrogen) atoms. The van der Waals surface area contributed by atoms with Crippen molar-refractivity contribution in [2.24, 2.45) is 5.73 Å². The van der Waals surface area contributed by atoms with Gasteiger partial charge in [0.25, 0.3) is 0 Å². The van der Waals surface area contributed by atoms with Crippen LogP contribution in [0.1, 0.15) is 155 Å². The van der Waals surface area contributed by atoms with Crippen LogP contribution in [0.5, 0.6) is 0 Å². The quantitative estimate of drug-likeness (QED) is 0.0271. The van der Waals surface area contributed by atoms with Crippen LogP contribution in [0.4, 0.5) is 0 Å². The Morgan fingerprint density at radius 3 is 1.24 bits per heavy atom. The topological polar surface area (TPSA) is 482 Å². The van der Waals surface area contributed by atoms with Gasteiger partial charge in [0.15, 0.2) is 12.6 Å². The molecule has 0 aliphatic carbocycles. The number of aliphatic hydroxyl groups is 6. The van der Waals surface area contributed by atoms with E-state index in [2.05, 4.69) is 42.5 Å². The Labute approximate surface area is 545 Å². The number of carbonyl (C=O) groups is 9. The van der Waals surface area contributed by atoms with Gasteiger partial charge in [0, 0.05) is 98.2 Å². The van der Waals surface area contributed by atoms with Crippen molar-refractivity contribution < 1.29 is 112 Å². The molecular formula is C61H111N9O23. The number of aliphatic hydroxyl groups excluding tert-OH is 6. The Morgan fingerprint density at radius 2 is 0.817 bits per heavy atom. The summed E-state index contributed by atoms with van der Waals surface area (Å²) >= 11 is 0. The van der Waals surface area contributed by atoms with Crippen LogP contribution in [-0.4, -0.2) is 268 Å². The van der Waals surface area contributed by atoms with Gasteiger partial charge in [-0.3, -0.25) is 43.2 Å². The average Bonchev–Trinajstić information content (AvgIpc) is 0.845. The van der Waals surface area contributed by atoms with Crippen molar-refractivity contribution in [3.05, 3.63) is 0 Å². The highest BCUT2D eigenvalue weighted by Gasteiger charge is 2.46. The van der Waals surface area contributed by atoms with Gasteiger partial charge in [0.1, 0.15) is 60.0 Å². The molecule has 2 rings (SSSR count). The second-order valence-corrected chi connectivity index (χ2v) is 23.4. The number of nitrogens with two attached hydrogens (primary N) is 1. The first-order chi connectivity index (χ1) is 44.6. The normalized spacial score (nSPS) is 21.8. The lowest BCUT2D eigenvalue weighted by Crippen LogP contribution is -2.64. The van der Waals surface area contributed by atoms with Crippen LogP contribution in [0.25, 0.3) is 0 Å². The summed E-state index contributed by atoms with van der Waals surface area (Å²) < 4.78 is 40.6. The molecule has 11 atom stereocenters. The maximum Gasteiger partial charge on any atom is 0.303 e. The molecule has 7 unspecified atom stereocenters. The minimum absolute atomic E-state index is 0.0135. The monoisotopic (exact) mass is 1340 g/mol. The number of unbranched alkanes of at least 4 members (excludes halogenated alkanes) is 9. The number of aliphatic carboxylic acids is 1. The maximum absolute atomic E-state index is 13.7. The lowest BCUT2D eigenvalue weighted by molar-refractivity contribution is -0.270.